The molecule has 2 rings (SSSR count). The van der Waals surface area contributed by atoms with Gasteiger partial charge in [-0.15, -0.1) is 0 Å². The van der Waals surface area contributed by atoms with Gasteiger partial charge in [0.2, 0.25) is 0 Å². The minimum Gasteiger partial charge on any atom is -0.223 e. The summed E-state index contributed by atoms with van der Waals surface area (Å²) < 4.78 is 24.3. The molecule has 0 radical (unpaired) electrons. The van der Waals surface area contributed by atoms with Crippen molar-refractivity contribution in [2.24, 2.45) is 5.11 Å². The summed E-state index contributed by atoms with van der Waals surface area (Å²) in [5.41, 5.74) is 7.84. The molecule has 1 saturated carbocycles. The van der Waals surface area contributed by atoms with E-state index in [4.69, 9.17) is 5.53 Å². The van der Waals surface area contributed by atoms with E-state index in [1.165, 1.54) is 0 Å². The predicted molar refractivity (Wildman–Crippen MR) is 64.2 cm³/mol. The van der Waals surface area contributed by atoms with Crippen LogP contribution in [0.25, 0.3) is 10.4 Å². The molecule has 0 spiro atoms. The summed E-state index contributed by atoms with van der Waals surface area (Å²) in [6.07, 6.45) is 0.794. The van der Waals surface area contributed by atoms with Crippen LogP contribution in [0.2, 0.25) is 0 Å². The lowest BCUT2D eigenvalue weighted by molar-refractivity contribution is 0.278. The lowest BCUT2D eigenvalue weighted by atomic mass is 9.79. The Balaban J connectivity index is 2.19. The van der Waals surface area contributed by atoms with E-state index in [1.54, 1.807) is 37.3 Å². The molecule has 6 heteroatoms. The molecule has 0 bridgehead atoms. The molecule has 0 saturated heterocycles. The molecule has 0 unspecified atom stereocenters. The van der Waals surface area contributed by atoms with Gasteiger partial charge in [-0.05, 0) is 30.5 Å². The Morgan fingerprint density at radius 1 is 1.35 bits per heavy atom. The van der Waals surface area contributed by atoms with Crippen molar-refractivity contribution in [3.63, 3.8) is 0 Å². The van der Waals surface area contributed by atoms with Gasteiger partial charge in [-0.2, -0.15) is 0 Å². The average Bonchev–Trinajstić information content (AvgIpc) is 2.27. The summed E-state index contributed by atoms with van der Waals surface area (Å²) in [5, 5.41) is 3.21. The standard InChI is InChI=1S/C11H13N3O2S/c1-11(13-14-12)7-10(8-11)17(15,16)9-5-3-2-4-6-9/h2-6,10H,7-8H2,1H3. The number of hydrogen-bond acceptors (Lipinski definition) is 3. The minimum atomic E-state index is -3.27. The van der Waals surface area contributed by atoms with Crippen molar-refractivity contribution in [2.75, 3.05) is 0 Å². The molecule has 0 heterocycles. The molecule has 1 aliphatic rings. The van der Waals surface area contributed by atoms with Crippen LogP contribution in [0, 0.1) is 0 Å². The van der Waals surface area contributed by atoms with Crippen LogP contribution in [0.4, 0.5) is 0 Å². The first-order valence-corrected chi connectivity index (χ1v) is 6.88. The second-order valence-corrected chi connectivity index (χ2v) is 6.80. The van der Waals surface area contributed by atoms with Gasteiger partial charge in [-0.1, -0.05) is 30.2 Å². The van der Waals surface area contributed by atoms with Crippen LogP contribution in [0.3, 0.4) is 0 Å². The number of hydrogen-bond donors (Lipinski definition) is 0. The molecule has 0 aliphatic heterocycles. The molecule has 0 amide bonds. The number of nitrogens with zero attached hydrogens (tertiary/aromatic N) is 3. The number of sulfone groups is 1. The molecule has 1 fully saturated rings. The highest BCUT2D eigenvalue weighted by atomic mass is 32.2. The van der Waals surface area contributed by atoms with Crippen LogP contribution >= 0.6 is 0 Å². The zero-order valence-corrected chi connectivity index (χ0v) is 10.3. The highest BCUT2D eigenvalue weighted by Gasteiger charge is 2.46. The largest absolute Gasteiger partial charge is 0.223 e. The van der Waals surface area contributed by atoms with E-state index in [-0.39, 0.29) is 0 Å². The molecule has 0 aromatic heterocycles. The zero-order chi connectivity index (χ0) is 12.5. The smallest absolute Gasteiger partial charge is 0.181 e. The third kappa shape index (κ3) is 2.14. The normalized spacial score (nSPS) is 27.9. The summed E-state index contributed by atoms with van der Waals surface area (Å²) in [5.74, 6) is 0. The van der Waals surface area contributed by atoms with E-state index < -0.39 is 20.6 Å². The fourth-order valence-corrected chi connectivity index (χ4v) is 4.21. The molecule has 0 N–H and O–H groups in total. The van der Waals surface area contributed by atoms with Crippen LogP contribution < -0.4 is 0 Å². The average molecular weight is 251 g/mol. The molecule has 1 aliphatic carbocycles. The van der Waals surface area contributed by atoms with Crippen molar-refractivity contribution >= 4 is 9.84 Å². The fourth-order valence-electron chi connectivity index (χ4n) is 2.13. The minimum absolute atomic E-state index is 0.341. The first-order valence-electron chi connectivity index (χ1n) is 5.33. The summed E-state index contributed by atoms with van der Waals surface area (Å²) in [6.45, 7) is 1.78. The molecule has 0 atom stereocenters. The van der Waals surface area contributed by atoms with Crippen molar-refractivity contribution in [3.05, 3.63) is 40.8 Å². The Hall–Kier alpha value is -1.52. The van der Waals surface area contributed by atoms with E-state index in [9.17, 15) is 8.42 Å². The number of benzene rings is 1. The highest BCUT2D eigenvalue weighted by molar-refractivity contribution is 7.92. The molecular formula is C11H13N3O2S. The first kappa shape index (κ1) is 12.0. The lowest BCUT2D eigenvalue weighted by Crippen LogP contribution is -2.46. The van der Waals surface area contributed by atoms with E-state index in [0.29, 0.717) is 17.7 Å². The van der Waals surface area contributed by atoms with Gasteiger partial charge in [0.15, 0.2) is 9.84 Å². The van der Waals surface area contributed by atoms with Crippen molar-refractivity contribution in [2.45, 2.75) is 35.4 Å². The molecule has 1 aromatic rings. The molecule has 1 aromatic carbocycles. The highest BCUT2D eigenvalue weighted by Crippen LogP contribution is 2.42. The molecular weight excluding hydrogens is 238 g/mol. The Bertz CT molecular complexity index is 556. The van der Waals surface area contributed by atoms with Crippen molar-refractivity contribution in [1.29, 1.82) is 0 Å². The van der Waals surface area contributed by atoms with Crippen LogP contribution in [0.5, 0.6) is 0 Å². The molecule has 17 heavy (non-hydrogen) atoms. The SMILES string of the molecule is CC1(N=[N+]=[N-])CC(S(=O)(=O)c2ccccc2)C1. The second kappa shape index (κ2) is 4.05. The van der Waals surface area contributed by atoms with E-state index in [2.05, 4.69) is 10.0 Å². The van der Waals surface area contributed by atoms with E-state index in [0.717, 1.165) is 0 Å². The monoisotopic (exact) mass is 251 g/mol. The third-order valence-electron chi connectivity index (χ3n) is 3.13. The zero-order valence-electron chi connectivity index (χ0n) is 9.44. The quantitative estimate of drug-likeness (QED) is 0.470. The third-order valence-corrected chi connectivity index (χ3v) is 5.27. The fraction of sp³-hybridized carbons (Fsp3) is 0.455. The summed E-state index contributed by atoms with van der Waals surface area (Å²) >= 11 is 0. The Labute approximate surface area is 100 Å². The first-order chi connectivity index (χ1) is 7.98. The van der Waals surface area contributed by atoms with Crippen LogP contribution in [-0.4, -0.2) is 19.2 Å². The van der Waals surface area contributed by atoms with Crippen molar-refractivity contribution < 1.29 is 8.42 Å². The van der Waals surface area contributed by atoms with Crippen molar-refractivity contribution in [1.82, 2.24) is 0 Å². The Morgan fingerprint density at radius 3 is 2.47 bits per heavy atom. The van der Waals surface area contributed by atoms with Gasteiger partial charge in [-0.3, -0.25) is 0 Å². The van der Waals surface area contributed by atoms with Gasteiger partial charge in [0, 0.05) is 10.5 Å². The molecule has 5 nitrogen and oxygen atoms in total. The maximum Gasteiger partial charge on any atom is 0.181 e. The van der Waals surface area contributed by atoms with Crippen molar-refractivity contribution in [3.8, 4) is 0 Å². The van der Waals surface area contributed by atoms with Gasteiger partial charge in [-0.25, -0.2) is 8.42 Å². The topological polar surface area (TPSA) is 82.9 Å². The maximum absolute atomic E-state index is 12.2. The maximum atomic E-state index is 12.2. The number of azide groups is 1. The van der Waals surface area contributed by atoms with Gasteiger partial charge in [0.1, 0.15) is 0 Å². The van der Waals surface area contributed by atoms with E-state index >= 15 is 0 Å². The van der Waals surface area contributed by atoms with Gasteiger partial charge in [0.25, 0.3) is 0 Å². The van der Waals surface area contributed by atoms with Crippen LogP contribution in [0.1, 0.15) is 19.8 Å². The van der Waals surface area contributed by atoms with Crippen LogP contribution in [-0.2, 0) is 9.84 Å². The van der Waals surface area contributed by atoms with Gasteiger partial charge < -0.3 is 0 Å². The summed E-state index contributed by atoms with van der Waals surface area (Å²) in [6, 6.07) is 8.39. The lowest BCUT2D eigenvalue weighted by Gasteiger charge is -2.40. The van der Waals surface area contributed by atoms with Gasteiger partial charge >= 0.3 is 0 Å². The second-order valence-electron chi connectivity index (χ2n) is 4.57. The summed E-state index contributed by atoms with van der Waals surface area (Å²) in [7, 11) is -3.27. The summed E-state index contributed by atoms with van der Waals surface area (Å²) in [4.78, 5) is 3.09. The Kier molecular flexibility index (Phi) is 2.85. The van der Waals surface area contributed by atoms with Gasteiger partial charge in [0.05, 0.1) is 10.1 Å². The Morgan fingerprint density at radius 2 is 1.94 bits per heavy atom. The predicted octanol–water partition coefficient (Wildman–Crippen LogP) is 2.69. The number of rotatable bonds is 3. The van der Waals surface area contributed by atoms with Crippen LogP contribution in [0.15, 0.2) is 40.3 Å². The molecule has 90 valence electrons. The van der Waals surface area contributed by atoms with E-state index in [1.807, 2.05) is 0 Å².